The number of aryl methyl sites for hydroxylation is 2. The molecule has 3 aliphatic heterocycles. The number of ether oxygens (including phenoxy) is 3. The van der Waals surface area contributed by atoms with Gasteiger partial charge >= 0.3 is 6.09 Å². The minimum atomic E-state index is -4.29. The number of nitrogens with zero attached hydrogens (tertiary/aromatic N) is 10. The van der Waals surface area contributed by atoms with Crippen molar-refractivity contribution in [2.24, 2.45) is 22.7 Å². The Morgan fingerprint density at radius 1 is 0.756 bits per heavy atom. The van der Waals surface area contributed by atoms with Crippen molar-refractivity contribution in [2.45, 2.75) is 192 Å². The molecule has 2 saturated heterocycles. The fourth-order valence-corrected chi connectivity index (χ4v) is 14.2. The molecule has 11 rings (SSSR count). The van der Waals surface area contributed by atoms with Gasteiger partial charge in [-0.25, -0.2) is 43.5 Å². The van der Waals surface area contributed by atoms with E-state index in [9.17, 15) is 31.2 Å². The van der Waals surface area contributed by atoms with Crippen LogP contribution in [0.4, 0.5) is 10.6 Å². The Morgan fingerprint density at radius 3 is 2.04 bits per heavy atom. The van der Waals surface area contributed by atoms with Gasteiger partial charge in [-0.15, -0.1) is 10.2 Å². The van der Waals surface area contributed by atoms with E-state index in [-0.39, 0.29) is 43.5 Å². The molecule has 0 aromatic carbocycles. The van der Waals surface area contributed by atoms with Crippen LogP contribution in [0.5, 0.6) is 11.8 Å². The SMILES string of the molecule is CC1(CCOc2ccn(-c3ccc(C(=O)NS(=O)(=O)c4cccc(CCCCC5CN(C(=O)OC(C)(C)C)C(C)(C)C5)n4)c(Cl)n3)n2)CC1.CC1(CCOc2ccn(-c3ccc4c(n3)N3CC(CCCCc5cccc(n5)S(=O)(=O)NC4=O)CC3(C)C)n2)CC1. The maximum atomic E-state index is 13.6. The zero-order valence-electron chi connectivity index (χ0n) is 53.1. The number of sulfonamides is 2. The van der Waals surface area contributed by atoms with E-state index in [1.54, 1.807) is 53.5 Å². The monoisotopic (exact) mass is 1290 g/mol. The number of likely N-dealkylation sites (tertiary alicyclic amines) is 1. The van der Waals surface area contributed by atoms with Crippen LogP contribution in [0, 0.1) is 22.7 Å². The Kier molecular flexibility index (Phi) is 19.1. The van der Waals surface area contributed by atoms with E-state index in [1.807, 2.05) is 37.8 Å². The van der Waals surface area contributed by atoms with Crippen molar-refractivity contribution in [3.8, 4) is 23.4 Å². The molecule has 4 fully saturated rings. The predicted octanol–water partition coefficient (Wildman–Crippen LogP) is 11.4. The third-order valence-electron chi connectivity index (χ3n) is 17.8. The number of fused-ring (bicyclic) bond motifs is 6. The summed E-state index contributed by atoms with van der Waals surface area (Å²) in [5.41, 5.74) is 1.08. The molecule has 2 unspecified atom stereocenters. The van der Waals surface area contributed by atoms with Gasteiger partial charge in [0.1, 0.15) is 16.6 Å². The van der Waals surface area contributed by atoms with Gasteiger partial charge in [-0.05, 0) is 210 Å². The molecule has 5 aliphatic rings. The van der Waals surface area contributed by atoms with Gasteiger partial charge in [-0.1, -0.05) is 50.4 Å². The van der Waals surface area contributed by atoms with E-state index in [4.69, 9.17) is 30.8 Å². The summed E-state index contributed by atoms with van der Waals surface area (Å²) in [6.07, 6.45) is 18.8. The van der Waals surface area contributed by atoms with Gasteiger partial charge in [-0.3, -0.25) is 9.59 Å². The van der Waals surface area contributed by atoms with Gasteiger partial charge in [0.25, 0.3) is 31.9 Å². The largest absolute Gasteiger partial charge is 0.477 e. The summed E-state index contributed by atoms with van der Waals surface area (Å²) in [6, 6.07) is 19.4. The molecule has 25 heteroatoms. The summed E-state index contributed by atoms with van der Waals surface area (Å²) >= 11 is 6.32. The topological polar surface area (TPSA) is 265 Å². The van der Waals surface area contributed by atoms with Crippen molar-refractivity contribution in [1.29, 1.82) is 0 Å². The van der Waals surface area contributed by atoms with Crippen LogP contribution >= 0.6 is 11.6 Å². The number of hydrogen-bond donors (Lipinski definition) is 2. The molecule has 90 heavy (non-hydrogen) atoms. The number of aromatic nitrogens is 8. The molecule has 0 spiro atoms. The van der Waals surface area contributed by atoms with Crippen molar-refractivity contribution in [3.05, 3.63) is 113 Å². The minimum Gasteiger partial charge on any atom is -0.477 e. The standard InChI is InChI=1S/C35H47ClN6O6S.C30H38N6O4S/c1-33(2,3)48-32(44)41-23-24(22-34(41,4)5)10-7-8-11-25-12-9-13-29(37-25)49(45,46)40-31(43)26-14-15-27(38-30(26)36)42-20-16-28(39-42)47-21-19-35(6)17-18-35;1-29(2)19-21-7-4-5-8-22-9-6-10-26(31-22)41(38,39)34-28(37)23-11-12-24(32-27(23)35(29)20-21)36-17-13-25(33-36)40-18-16-30(3)14-15-30/h9,12-16,20,24H,7-8,10-11,17-19,21-23H2,1-6H3,(H,40,43);6,9-13,17,21H,4-5,7-8,14-16,18-20H2,1-3H3,(H,34,37). The minimum absolute atomic E-state index is 0.105. The summed E-state index contributed by atoms with van der Waals surface area (Å²) in [6.45, 7) is 21.1. The molecule has 2 saturated carbocycles. The number of nitrogens with one attached hydrogen (secondary N) is 2. The molecule has 2 N–H and O–H groups in total. The lowest BCUT2D eigenvalue weighted by Gasteiger charge is -2.34. The van der Waals surface area contributed by atoms with Crippen LogP contribution in [-0.4, -0.2) is 122 Å². The number of amides is 3. The van der Waals surface area contributed by atoms with Crippen molar-refractivity contribution in [2.75, 3.05) is 31.2 Å². The first-order chi connectivity index (χ1) is 42.4. The van der Waals surface area contributed by atoms with Crippen LogP contribution < -0.4 is 23.8 Å². The number of carbonyl (C=O) groups is 3. The van der Waals surface area contributed by atoms with Crippen LogP contribution in [0.15, 0.2) is 95.2 Å². The number of rotatable bonds is 18. The van der Waals surface area contributed by atoms with Gasteiger partial charge in [-0.2, -0.15) is 16.8 Å². The Bertz CT molecular complexity index is 3840. The number of pyridine rings is 4. The molecule has 2 atom stereocenters. The Hall–Kier alpha value is -7.18. The average molecular weight is 1290 g/mol. The lowest BCUT2D eigenvalue weighted by molar-refractivity contribution is 0.0130. The average Bonchev–Trinajstić information content (AvgIpc) is 1.50. The van der Waals surface area contributed by atoms with Gasteiger partial charge in [0.2, 0.25) is 11.8 Å². The fraction of sp³-hybridized carbons (Fsp3) is 0.554. The first kappa shape index (κ1) is 65.8. The molecule has 484 valence electrons. The van der Waals surface area contributed by atoms with Crippen molar-refractivity contribution in [3.63, 3.8) is 0 Å². The van der Waals surface area contributed by atoms with Crippen molar-refractivity contribution < 1.29 is 45.4 Å². The summed E-state index contributed by atoms with van der Waals surface area (Å²) in [7, 11) is -8.46. The Labute approximate surface area is 533 Å². The highest BCUT2D eigenvalue weighted by atomic mass is 35.5. The van der Waals surface area contributed by atoms with Gasteiger partial charge in [0, 0.05) is 60.1 Å². The zero-order valence-corrected chi connectivity index (χ0v) is 55.5. The summed E-state index contributed by atoms with van der Waals surface area (Å²) in [5, 5.41) is 8.34. The summed E-state index contributed by atoms with van der Waals surface area (Å²) < 4.78 is 77.3. The summed E-state index contributed by atoms with van der Waals surface area (Å²) in [4.78, 5) is 61.1. The molecule has 3 amide bonds. The number of anilines is 1. The lowest BCUT2D eigenvalue weighted by atomic mass is 9.92. The van der Waals surface area contributed by atoms with Crippen molar-refractivity contribution in [1.82, 2.24) is 53.8 Å². The van der Waals surface area contributed by atoms with E-state index in [2.05, 4.69) is 81.0 Å². The highest BCUT2D eigenvalue weighted by Gasteiger charge is 2.44. The second-order valence-electron chi connectivity index (χ2n) is 27.8. The second-order valence-corrected chi connectivity index (χ2v) is 31.4. The van der Waals surface area contributed by atoms with E-state index in [0.29, 0.717) is 95.9 Å². The molecule has 0 radical (unpaired) electrons. The molecule has 2 aliphatic carbocycles. The van der Waals surface area contributed by atoms with Crippen molar-refractivity contribution >= 4 is 55.4 Å². The smallest absolute Gasteiger partial charge is 0.410 e. The molecular formula is C65H85ClN12O10S2. The first-order valence-electron chi connectivity index (χ1n) is 31.3. The van der Waals surface area contributed by atoms with Crippen LogP contribution in [0.1, 0.15) is 184 Å². The van der Waals surface area contributed by atoms with Gasteiger partial charge < -0.3 is 24.0 Å². The van der Waals surface area contributed by atoms with Crippen LogP contribution in [0.3, 0.4) is 0 Å². The molecule has 4 bridgehead atoms. The van der Waals surface area contributed by atoms with Gasteiger partial charge in [0.15, 0.2) is 21.7 Å². The highest BCUT2D eigenvalue weighted by molar-refractivity contribution is 7.90. The number of carbonyl (C=O) groups excluding carboxylic acids is 3. The third-order valence-corrected chi connectivity index (χ3v) is 20.6. The Morgan fingerprint density at radius 2 is 1.40 bits per heavy atom. The van der Waals surface area contributed by atoms with E-state index in [0.717, 1.165) is 70.8 Å². The zero-order chi connectivity index (χ0) is 64.4. The molecule has 6 aromatic rings. The molecule has 22 nitrogen and oxygen atoms in total. The molecule has 9 heterocycles. The number of halogens is 1. The molecular weight excluding hydrogens is 1210 g/mol. The van der Waals surface area contributed by atoms with Gasteiger partial charge in [0.05, 0.1) is 24.3 Å². The lowest BCUT2D eigenvalue weighted by Crippen LogP contribution is -2.45. The Balaban J connectivity index is 0.000000201. The van der Waals surface area contributed by atoms with Crippen LogP contribution in [0.2, 0.25) is 5.15 Å². The quantitative estimate of drug-likeness (QED) is 0.0598. The maximum Gasteiger partial charge on any atom is 0.410 e. The van der Waals surface area contributed by atoms with Crippen LogP contribution in [-0.2, 0) is 37.6 Å². The van der Waals surface area contributed by atoms with E-state index in [1.165, 1.54) is 54.6 Å². The normalized spacial score (nSPS) is 20.3. The number of unbranched alkanes of at least 4 members (excludes halogenated alkanes) is 1. The van der Waals surface area contributed by atoms with E-state index >= 15 is 0 Å². The first-order valence-corrected chi connectivity index (χ1v) is 34.7. The van der Waals surface area contributed by atoms with Crippen LogP contribution in [0.25, 0.3) is 11.6 Å². The fourth-order valence-electron chi connectivity index (χ4n) is 12.0. The number of hydrogen-bond acceptors (Lipinski definition) is 17. The maximum absolute atomic E-state index is 13.6. The molecule has 6 aromatic heterocycles. The van der Waals surface area contributed by atoms with E-state index < -0.39 is 37.5 Å². The highest BCUT2D eigenvalue weighted by Crippen LogP contribution is 2.49. The summed E-state index contributed by atoms with van der Waals surface area (Å²) in [5.74, 6) is 1.41. The second kappa shape index (κ2) is 26.2. The third kappa shape index (κ3) is 16.7. The predicted molar refractivity (Wildman–Crippen MR) is 340 cm³/mol.